The molecule has 0 saturated heterocycles. The van der Waals surface area contributed by atoms with Crippen molar-refractivity contribution in [3.05, 3.63) is 56.6 Å². The van der Waals surface area contributed by atoms with E-state index < -0.39 is 38.0 Å². The second kappa shape index (κ2) is 5.34. The molecule has 1 atom stereocenters. The summed E-state index contributed by atoms with van der Waals surface area (Å²) in [5, 5.41) is 0. The van der Waals surface area contributed by atoms with Crippen LogP contribution in [0.5, 0.6) is 0 Å². The normalized spacial score (nSPS) is 17.8. The summed E-state index contributed by atoms with van der Waals surface area (Å²) in [5.74, 6) is -0.447. The molecule has 1 aliphatic heterocycles. The van der Waals surface area contributed by atoms with Gasteiger partial charge in [-0.05, 0) is 43.5 Å². The second-order valence-corrected chi connectivity index (χ2v) is 7.18. The molecule has 122 valence electrons. The largest absolute Gasteiger partial charge is 0.325 e. The maximum Gasteiger partial charge on any atom is 0.325 e. The Kier molecular flexibility index (Phi) is 3.59. The highest BCUT2D eigenvalue weighted by Crippen LogP contribution is 2.34. The first-order valence-electron chi connectivity index (χ1n) is 6.95. The Morgan fingerprint density at radius 2 is 2.04 bits per heavy atom. The predicted octanol–water partition coefficient (Wildman–Crippen LogP) is 0.732. The SMILES string of the molecule is CC1CCc2cc(F)ccc2N1S(=O)(=O)c1c[nH]c(=O)[nH]c1=O. The van der Waals surface area contributed by atoms with Crippen LogP contribution in [-0.4, -0.2) is 24.4 Å². The quantitative estimate of drug-likeness (QED) is 0.842. The average molecular weight is 339 g/mol. The summed E-state index contributed by atoms with van der Waals surface area (Å²) in [6, 6.07) is 3.46. The number of rotatable bonds is 2. The van der Waals surface area contributed by atoms with Gasteiger partial charge in [-0.15, -0.1) is 0 Å². The molecule has 0 amide bonds. The van der Waals surface area contributed by atoms with Crippen LogP contribution in [0, 0.1) is 5.82 Å². The molecule has 7 nitrogen and oxygen atoms in total. The Labute approximate surface area is 130 Å². The number of anilines is 1. The van der Waals surface area contributed by atoms with Gasteiger partial charge in [0.2, 0.25) is 0 Å². The van der Waals surface area contributed by atoms with Gasteiger partial charge in [0, 0.05) is 12.2 Å². The van der Waals surface area contributed by atoms with Gasteiger partial charge in [0.15, 0.2) is 4.90 Å². The maximum atomic E-state index is 13.4. The van der Waals surface area contributed by atoms with Gasteiger partial charge in [-0.2, -0.15) is 0 Å². The molecule has 0 bridgehead atoms. The lowest BCUT2D eigenvalue weighted by molar-refractivity contribution is 0.558. The molecule has 0 spiro atoms. The van der Waals surface area contributed by atoms with E-state index in [0.717, 1.165) is 10.5 Å². The van der Waals surface area contributed by atoms with Gasteiger partial charge >= 0.3 is 5.69 Å². The zero-order chi connectivity index (χ0) is 16.8. The van der Waals surface area contributed by atoms with Gasteiger partial charge in [0.05, 0.1) is 5.69 Å². The van der Waals surface area contributed by atoms with E-state index in [1.165, 1.54) is 18.2 Å². The fourth-order valence-electron chi connectivity index (χ4n) is 2.75. The molecule has 9 heteroatoms. The molecule has 2 N–H and O–H groups in total. The molecule has 0 aliphatic carbocycles. The highest BCUT2D eigenvalue weighted by atomic mass is 32.2. The standard InChI is InChI=1S/C14H14FN3O4S/c1-8-2-3-9-6-10(15)4-5-11(9)18(8)23(21,22)12-7-16-14(20)17-13(12)19/h4-8H,2-3H2,1H3,(H2,16,17,19,20). The third-order valence-corrected chi connectivity index (χ3v) is 5.77. The van der Waals surface area contributed by atoms with Crippen LogP contribution in [0.1, 0.15) is 18.9 Å². The van der Waals surface area contributed by atoms with E-state index in [2.05, 4.69) is 4.98 Å². The lowest BCUT2D eigenvalue weighted by atomic mass is 9.99. The first kappa shape index (κ1) is 15.5. The molecule has 1 aromatic carbocycles. The van der Waals surface area contributed by atoms with Crippen molar-refractivity contribution in [3.8, 4) is 0 Å². The van der Waals surface area contributed by atoms with Gasteiger partial charge < -0.3 is 4.98 Å². The summed E-state index contributed by atoms with van der Waals surface area (Å²) in [6.07, 6.45) is 1.92. The van der Waals surface area contributed by atoms with Gasteiger partial charge in [0.25, 0.3) is 15.6 Å². The molecule has 0 radical (unpaired) electrons. The lowest BCUT2D eigenvalue weighted by Crippen LogP contribution is -2.44. The molecular formula is C14H14FN3O4S. The number of aromatic amines is 2. The van der Waals surface area contributed by atoms with E-state index in [1.54, 1.807) is 6.92 Å². The number of fused-ring (bicyclic) bond motifs is 1. The fourth-order valence-corrected chi connectivity index (χ4v) is 4.47. The first-order valence-corrected chi connectivity index (χ1v) is 8.39. The maximum absolute atomic E-state index is 13.4. The van der Waals surface area contributed by atoms with E-state index in [9.17, 15) is 22.4 Å². The predicted molar refractivity (Wildman–Crippen MR) is 81.5 cm³/mol. The summed E-state index contributed by atoms with van der Waals surface area (Å²) in [6.45, 7) is 1.71. The number of benzene rings is 1. The van der Waals surface area contributed by atoms with E-state index >= 15 is 0 Å². The smallest absolute Gasteiger partial charge is 0.313 e. The Bertz CT molecular complexity index is 980. The summed E-state index contributed by atoms with van der Waals surface area (Å²) in [5.41, 5.74) is -0.874. The zero-order valence-electron chi connectivity index (χ0n) is 12.2. The molecule has 23 heavy (non-hydrogen) atoms. The molecule has 3 rings (SSSR count). The lowest BCUT2D eigenvalue weighted by Gasteiger charge is -2.35. The number of H-pyrrole nitrogens is 2. The average Bonchev–Trinajstić information content (AvgIpc) is 2.46. The van der Waals surface area contributed by atoms with Crippen molar-refractivity contribution in [2.45, 2.75) is 30.7 Å². The highest BCUT2D eigenvalue weighted by molar-refractivity contribution is 7.92. The Morgan fingerprint density at radius 3 is 2.74 bits per heavy atom. The summed E-state index contributed by atoms with van der Waals surface area (Å²) >= 11 is 0. The molecular weight excluding hydrogens is 325 g/mol. The minimum Gasteiger partial charge on any atom is -0.313 e. The minimum atomic E-state index is -4.19. The first-order chi connectivity index (χ1) is 10.8. The third-order valence-electron chi connectivity index (χ3n) is 3.83. The van der Waals surface area contributed by atoms with Gasteiger partial charge in [0.1, 0.15) is 5.82 Å². The Hall–Kier alpha value is -2.42. The van der Waals surface area contributed by atoms with Crippen molar-refractivity contribution in [3.63, 3.8) is 0 Å². The Balaban J connectivity index is 2.20. The van der Waals surface area contributed by atoms with Crippen LogP contribution in [0.15, 0.2) is 38.9 Å². The van der Waals surface area contributed by atoms with Crippen molar-refractivity contribution in [2.75, 3.05) is 4.31 Å². The highest BCUT2D eigenvalue weighted by Gasteiger charge is 2.35. The Morgan fingerprint density at radius 1 is 1.30 bits per heavy atom. The number of hydrogen-bond acceptors (Lipinski definition) is 4. The topological polar surface area (TPSA) is 103 Å². The monoisotopic (exact) mass is 339 g/mol. The van der Waals surface area contributed by atoms with Gasteiger partial charge in [-0.3, -0.25) is 14.1 Å². The summed E-state index contributed by atoms with van der Waals surface area (Å²) in [7, 11) is -4.19. The van der Waals surface area contributed by atoms with Crippen LogP contribution in [-0.2, 0) is 16.4 Å². The van der Waals surface area contributed by atoms with Crippen molar-refractivity contribution in [1.82, 2.24) is 9.97 Å². The van der Waals surface area contributed by atoms with Crippen molar-refractivity contribution in [2.24, 2.45) is 0 Å². The number of sulfonamides is 1. The summed E-state index contributed by atoms with van der Waals surface area (Å²) in [4.78, 5) is 26.4. The molecule has 1 aliphatic rings. The van der Waals surface area contributed by atoms with Gasteiger partial charge in [-0.1, -0.05) is 0 Å². The van der Waals surface area contributed by atoms with E-state index in [0.29, 0.717) is 24.1 Å². The number of aryl methyl sites for hydroxylation is 1. The van der Waals surface area contributed by atoms with Crippen LogP contribution in [0.4, 0.5) is 10.1 Å². The molecule has 0 saturated carbocycles. The summed E-state index contributed by atoms with van der Waals surface area (Å²) < 4.78 is 40.2. The number of nitrogens with zero attached hydrogens (tertiary/aromatic N) is 1. The van der Waals surface area contributed by atoms with Crippen LogP contribution in [0.2, 0.25) is 0 Å². The van der Waals surface area contributed by atoms with Crippen molar-refractivity contribution in [1.29, 1.82) is 0 Å². The number of halogens is 1. The third kappa shape index (κ3) is 2.56. The van der Waals surface area contributed by atoms with E-state index in [4.69, 9.17) is 0 Å². The number of hydrogen-bond donors (Lipinski definition) is 2. The molecule has 2 aromatic rings. The fraction of sp³-hybridized carbons (Fsp3) is 0.286. The van der Waals surface area contributed by atoms with Crippen molar-refractivity contribution < 1.29 is 12.8 Å². The van der Waals surface area contributed by atoms with Gasteiger partial charge in [-0.25, -0.2) is 17.6 Å². The number of nitrogens with one attached hydrogen (secondary N) is 2. The molecule has 2 heterocycles. The zero-order valence-corrected chi connectivity index (χ0v) is 13.0. The van der Waals surface area contributed by atoms with E-state index in [1.807, 2.05) is 4.98 Å². The molecule has 1 aromatic heterocycles. The van der Waals surface area contributed by atoms with Crippen LogP contribution >= 0.6 is 0 Å². The second-order valence-electron chi connectivity index (χ2n) is 5.40. The van der Waals surface area contributed by atoms with E-state index in [-0.39, 0.29) is 0 Å². The van der Waals surface area contributed by atoms with Crippen LogP contribution in [0.25, 0.3) is 0 Å². The number of aromatic nitrogens is 2. The van der Waals surface area contributed by atoms with Crippen LogP contribution in [0.3, 0.4) is 0 Å². The van der Waals surface area contributed by atoms with Crippen molar-refractivity contribution >= 4 is 15.7 Å². The molecule has 1 unspecified atom stereocenters. The minimum absolute atomic E-state index is 0.343. The van der Waals surface area contributed by atoms with Crippen LogP contribution < -0.4 is 15.6 Å². The molecule has 0 fully saturated rings.